The highest BCUT2D eigenvalue weighted by atomic mass is 79.9. The molecule has 0 aliphatic carbocycles. The van der Waals surface area contributed by atoms with Crippen molar-refractivity contribution in [2.45, 2.75) is 6.54 Å². The van der Waals surface area contributed by atoms with Crippen LogP contribution in [0.15, 0.2) is 47.1 Å². The SMILES string of the molecule is CNCc1ccc(Oc2cccc(Br)c2)nc1. The molecule has 0 saturated heterocycles. The molecule has 0 spiro atoms. The second-order valence-corrected chi connectivity index (χ2v) is 4.51. The first-order valence-corrected chi connectivity index (χ1v) is 6.10. The van der Waals surface area contributed by atoms with Gasteiger partial charge in [0.15, 0.2) is 0 Å². The summed E-state index contributed by atoms with van der Waals surface area (Å²) in [4.78, 5) is 4.24. The third-order valence-corrected chi connectivity index (χ3v) is 2.69. The highest BCUT2D eigenvalue weighted by molar-refractivity contribution is 9.10. The number of hydrogen-bond donors (Lipinski definition) is 1. The summed E-state index contributed by atoms with van der Waals surface area (Å²) in [5.74, 6) is 1.37. The molecule has 3 nitrogen and oxygen atoms in total. The van der Waals surface area contributed by atoms with E-state index >= 15 is 0 Å². The zero-order valence-corrected chi connectivity index (χ0v) is 11.1. The van der Waals surface area contributed by atoms with Crippen molar-refractivity contribution in [3.8, 4) is 11.6 Å². The van der Waals surface area contributed by atoms with Crippen molar-refractivity contribution < 1.29 is 4.74 Å². The molecular formula is C13H13BrN2O. The van der Waals surface area contributed by atoms with E-state index in [9.17, 15) is 0 Å². The van der Waals surface area contributed by atoms with E-state index in [0.29, 0.717) is 5.88 Å². The molecule has 88 valence electrons. The van der Waals surface area contributed by atoms with E-state index in [1.165, 1.54) is 0 Å². The Morgan fingerprint density at radius 3 is 2.82 bits per heavy atom. The van der Waals surface area contributed by atoms with Gasteiger partial charge in [0.25, 0.3) is 0 Å². The van der Waals surface area contributed by atoms with Crippen LogP contribution in [0.1, 0.15) is 5.56 Å². The van der Waals surface area contributed by atoms with Crippen LogP contribution < -0.4 is 10.1 Å². The van der Waals surface area contributed by atoms with E-state index in [4.69, 9.17) is 4.74 Å². The van der Waals surface area contributed by atoms with Gasteiger partial charge < -0.3 is 10.1 Å². The summed E-state index contributed by atoms with van der Waals surface area (Å²) in [6.07, 6.45) is 1.81. The number of pyridine rings is 1. The van der Waals surface area contributed by atoms with Crippen LogP contribution in [-0.4, -0.2) is 12.0 Å². The Labute approximate surface area is 109 Å². The minimum absolute atomic E-state index is 0.600. The molecule has 0 fully saturated rings. The normalized spacial score (nSPS) is 10.2. The van der Waals surface area contributed by atoms with Crippen LogP contribution in [0.3, 0.4) is 0 Å². The molecule has 1 heterocycles. The monoisotopic (exact) mass is 292 g/mol. The number of benzene rings is 1. The maximum atomic E-state index is 5.63. The average Bonchev–Trinajstić information content (AvgIpc) is 2.32. The molecule has 0 radical (unpaired) electrons. The number of nitrogens with zero attached hydrogens (tertiary/aromatic N) is 1. The van der Waals surface area contributed by atoms with Crippen LogP contribution in [0.2, 0.25) is 0 Å². The first-order valence-electron chi connectivity index (χ1n) is 5.31. The lowest BCUT2D eigenvalue weighted by Crippen LogP contribution is -2.05. The number of ether oxygens (including phenoxy) is 1. The van der Waals surface area contributed by atoms with Crippen LogP contribution in [0.5, 0.6) is 11.6 Å². The van der Waals surface area contributed by atoms with Gasteiger partial charge in [0.1, 0.15) is 5.75 Å². The van der Waals surface area contributed by atoms with E-state index in [0.717, 1.165) is 22.3 Å². The van der Waals surface area contributed by atoms with E-state index in [2.05, 4.69) is 26.2 Å². The minimum Gasteiger partial charge on any atom is -0.439 e. The number of nitrogens with one attached hydrogen (secondary N) is 1. The summed E-state index contributed by atoms with van der Waals surface area (Å²) in [6.45, 7) is 0.810. The van der Waals surface area contributed by atoms with Gasteiger partial charge in [0.2, 0.25) is 5.88 Å². The predicted octanol–water partition coefficient (Wildman–Crippen LogP) is 3.36. The molecule has 0 aliphatic heterocycles. The molecule has 0 amide bonds. The van der Waals surface area contributed by atoms with Gasteiger partial charge >= 0.3 is 0 Å². The van der Waals surface area contributed by atoms with Crippen LogP contribution in [-0.2, 0) is 6.54 Å². The quantitative estimate of drug-likeness (QED) is 0.938. The van der Waals surface area contributed by atoms with Gasteiger partial charge in [-0.2, -0.15) is 0 Å². The van der Waals surface area contributed by atoms with Crippen molar-refractivity contribution in [3.05, 3.63) is 52.6 Å². The van der Waals surface area contributed by atoms with Gasteiger partial charge in [-0.25, -0.2) is 4.98 Å². The molecule has 0 bridgehead atoms. The van der Waals surface area contributed by atoms with Crippen LogP contribution in [0.4, 0.5) is 0 Å². The lowest BCUT2D eigenvalue weighted by molar-refractivity contribution is 0.462. The molecule has 0 atom stereocenters. The van der Waals surface area contributed by atoms with Crippen molar-refractivity contribution >= 4 is 15.9 Å². The van der Waals surface area contributed by atoms with Crippen LogP contribution in [0, 0.1) is 0 Å². The van der Waals surface area contributed by atoms with Crippen molar-refractivity contribution in [1.82, 2.24) is 10.3 Å². The maximum Gasteiger partial charge on any atom is 0.219 e. The Bertz CT molecular complexity index is 485. The fourth-order valence-corrected chi connectivity index (χ4v) is 1.81. The van der Waals surface area contributed by atoms with E-state index in [-0.39, 0.29) is 0 Å². The first-order chi connectivity index (χ1) is 8.28. The fraction of sp³-hybridized carbons (Fsp3) is 0.154. The van der Waals surface area contributed by atoms with E-state index < -0.39 is 0 Å². The maximum absolute atomic E-state index is 5.63. The summed E-state index contributed by atoms with van der Waals surface area (Å²) < 4.78 is 6.62. The van der Waals surface area contributed by atoms with Crippen molar-refractivity contribution in [2.24, 2.45) is 0 Å². The first kappa shape index (κ1) is 12.1. The van der Waals surface area contributed by atoms with Gasteiger partial charge in [-0.15, -0.1) is 0 Å². The largest absolute Gasteiger partial charge is 0.439 e. The van der Waals surface area contributed by atoms with E-state index in [1.54, 1.807) is 0 Å². The molecule has 17 heavy (non-hydrogen) atoms. The molecular weight excluding hydrogens is 280 g/mol. The molecule has 2 rings (SSSR count). The standard InChI is InChI=1S/C13H13BrN2O/c1-15-8-10-5-6-13(16-9-10)17-12-4-2-3-11(14)7-12/h2-7,9,15H,8H2,1H3. The number of halogens is 1. The lowest BCUT2D eigenvalue weighted by atomic mass is 10.3. The van der Waals surface area contributed by atoms with Crippen molar-refractivity contribution in [2.75, 3.05) is 7.05 Å². The van der Waals surface area contributed by atoms with Crippen molar-refractivity contribution in [3.63, 3.8) is 0 Å². The Kier molecular flexibility index (Phi) is 4.12. The molecule has 2 aromatic rings. The Balaban J connectivity index is 2.08. The molecule has 0 unspecified atom stereocenters. The average molecular weight is 293 g/mol. The summed E-state index contributed by atoms with van der Waals surface area (Å²) in [6, 6.07) is 11.5. The second kappa shape index (κ2) is 5.80. The van der Waals surface area contributed by atoms with Gasteiger partial charge in [0.05, 0.1) is 0 Å². The molecule has 1 aromatic heterocycles. The highest BCUT2D eigenvalue weighted by Crippen LogP contribution is 2.22. The third kappa shape index (κ3) is 3.54. The highest BCUT2D eigenvalue weighted by Gasteiger charge is 1.99. The Morgan fingerprint density at radius 2 is 2.18 bits per heavy atom. The molecule has 1 aromatic carbocycles. The lowest BCUT2D eigenvalue weighted by Gasteiger charge is -2.05. The van der Waals surface area contributed by atoms with Crippen LogP contribution >= 0.6 is 15.9 Å². The Morgan fingerprint density at radius 1 is 1.29 bits per heavy atom. The molecule has 1 N–H and O–H groups in total. The molecule has 4 heteroatoms. The summed E-state index contributed by atoms with van der Waals surface area (Å²) in [5, 5.41) is 3.07. The Hall–Kier alpha value is -1.39. The second-order valence-electron chi connectivity index (χ2n) is 3.59. The molecule has 0 saturated carbocycles. The number of aromatic nitrogens is 1. The molecule has 0 aliphatic rings. The number of hydrogen-bond acceptors (Lipinski definition) is 3. The smallest absolute Gasteiger partial charge is 0.219 e. The van der Waals surface area contributed by atoms with Gasteiger partial charge in [0, 0.05) is 23.3 Å². The number of rotatable bonds is 4. The fourth-order valence-electron chi connectivity index (χ4n) is 1.43. The topological polar surface area (TPSA) is 34.1 Å². The van der Waals surface area contributed by atoms with E-state index in [1.807, 2.05) is 49.6 Å². The predicted molar refractivity (Wildman–Crippen MR) is 71.2 cm³/mol. The van der Waals surface area contributed by atoms with Crippen molar-refractivity contribution in [1.29, 1.82) is 0 Å². The van der Waals surface area contributed by atoms with Gasteiger partial charge in [-0.1, -0.05) is 28.1 Å². The zero-order valence-electron chi connectivity index (χ0n) is 9.48. The van der Waals surface area contributed by atoms with Crippen LogP contribution in [0.25, 0.3) is 0 Å². The minimum atomic E-state index is 0.600. The third-order valence-electron chi connectivity index (χ3n) is 2.20. The zero-order chi connectivity index (χ0) is 12.1. The van der Waals surface area contributed by atoms with Gasteiger partial charge in [-0.3, -0.25) is 0 Å². The van der Waals surface area contributed by atoms with Gasteiger partial charge in [-0.05, 0) is 30.8 Å². The summed E-state index contributed by atoms with van der Waals surface area (Å²) >= 11 is 3.40. The summed E-state index contributed by atoms with van der Waals surface area (Å²) in [5.41, 5.74) is 1.13. The summed E-state index contributed by atoms with van der Waals surface area (Å²) in [7, 11) is 1.91.